The first-order valence-electron chi connectivity index (χ1n) is 8.23. The summed E-state index contributed by atoms with van der Waals surface area (Å²) < 4.78 is 25.5. The number of H-pyrrole nitrogens is 1. The number of aromatic amines is 1. The van der Waals surface area contributed by atoms with E-state index in [1.54, 1.807) is 25.3 Å². The zero-order chi connectivity index (χ0) is 19.6. The van der Waals surface area contributed by atoms with Crippen LogP contribution in [0.4, 0.5) is 4.39 Å². The molecule has 5 nitrogen and oxygen atoms in total. The van der Waals surface area contributed by atoms with E-state index < -0.39 is 0 Å². The minimum absolute atomic E-state index is 0.0134. The van der Waals surface area contributed by atoms with Crippen molar-refractivity contribution in [2.45, 2.75) is 20.0 Å². The molecule has 0 unspecified atom stereocenters. The van der Waals surface area contributed by atoms with Crippen molar-refractivity contribution < 1.29 is 13.9 Å². The number of nitrogens with zero attached hydrogens (tertiary/aromatic N) is 2. The number of imidazole rings is 1. The molecule has 3 aromatic rings. The van der Waals surface area contributed by atoms with Crippen molar-refractivity contribution in [3.8, 4) is 17.6 Å². The monoisotopic (exact) mass is 477 g/mol. The summed E-state index contributed by atoms with van der Waals surface area (Å²) >= 11 is 2.17. The Morgan fingerprint density at radius 1 is 1.33 bits per heavy atom. The number of halogens is 2. The molecule has 0 fully saturated rings. The first kappa shape index (κ1) is 19.2. The number of aromatic nitrogens is 2. The molecule has 0 saturated carbocycles. The van der Waals surface area contributed by atoms with Gasteiger partial charge in [0.25, 0.3) is 0 Å². The standard InChI is InChI=1S/C20H17FIN3O2/c1-11(2)27-19-15(22)7-12(8-18(19)26-3)6-13(10-23)20-24-16-5-4-14(21)9-17(16)25-20/h4-9,11H,1-3H3,(H,24,25)/b13-6-. The number of nitriles is 1. The van der Waals surface area contributed by atoms with Crippen molar-refractivity contribution in [2.75, 3.05) is 7.11 Å². The van der Waals surface area contributed by atoms with E-state index in [2.05, 4.69) is 38.6 Å². The fourth-order valence-electron chi connectivity index (χ4n) is 2.60. The molecule has 0 bridgehead atoms. The second kappa shape index (κ2) is 7.96. The molecule has 1 aromatic heterocycles. The van der Waals surface area contributed by atoms with Crippen LogP contribution in [0.5, 0.6) is 11.5 Å². The molecular weight excluding hydrogens is 460 g/mol. The van der Waals surface area contributed by atoms with E-state index >= 15 is 0 Å². The highest BCUT2D eigenvalue weighted by atomic mass is 127. The molecule has 0 atom stereocenters. The lowest BCUT2D eigenvalue weighted by molar-refractivity contribution is 0.228. The molecule has 0 amide bonds. The van der Waals surface area contributed by atoms with Gasteiger partial charge < -0.3 is 14.5 Å². The van der Waals surface area contributed by atoms with Gasteiger partial charge in [-0.3, -0.25) is 0 Å². The lowest BCUT2D eigenvalue weighted by atomic mass is 10.1. The number of hydrogen-bond acceptors (Lipinski definition) is 4. The molecule has 0 aliphatic rings. The maximum atomic E-state index is 13.4. The Morgan fingerprint density at radius 2 is 2.11 bits per heavy atom. The number of fused-ring (bicyclic) bond motifs is 1. The molecule has 1 N–H and O–H groups in total. The highest BCUT2D eigenvalue weighted by Gasteiger charge is 2.14. The second-order valence-corrected chi connectivity index (χ2v) is 7.28. The van der Waals surface area contributed by atoms with Crippen LogP contribution in [0.1, 0.15) is 25.2 Å². The third kappa shape index (κ3) is 4.22. The number of allylic oxidation sites excluding steroid dienone is 1. The number of methoxy groups -OCH3 is 1. The second-order valence-electron chi connectivity index (χ2n) is 6.12. The summed E-state index contributed by atoms with van der Waals surface area (Å²) in [5.41, 5.74) is 2.25. The van der Waals surface area contributed by atoms with Gasteiger partial charge in [0, 0.05) is 0 Å². The highest BCUT2D eigenvalue weighted by molar-refractivity contribution is 14.1. The molecule has 1 heterocycles. The van der Waals surface area contributed by atoms with Gasteiger partial charge in [-0.1, -0.05) is 0 Å². The summed E-state index contributed by atoms with van der Waals surface area (Å²) in [5.74, 6) is 1.28. The van der Waals surface area contributed by atoms with Crippen LogP contribution in [0, 0.1) is 20.7 Å². The van der Waals surface area contributed by atoms with Crippen LogP contribution in [0.3, 0.4) is 0 Å². The fourth-order valence-corrected chi connectivity index (χ4v) is 3.36. The van der Waals surface area contributed by atoms with Gasteiger partial charge in [0.2, 0.25) is 0 Å². The Labute approximate surface area is 170 Å². The SMILES string of the molecule is COc1cc(/C=C(/C#N)c2nc3ccc(F)cc3[nH]2)cc(I)c1OC(C)C. The predicted octanol–water partition coefficient (Wildman–Crippen LogP) is 5.17. The van der Waals surface area contributed by atoms with E-state index in [-0.39, 0.29) is 11.9 Å². The Balaban J connectivity index is 2.04. The lowest BCUT2D eigenvalue weighted by Crippen LogP contribution is -2.08. The molecule has 27 heavy (non-hydrogen) atoms. The van der Waals surface area contributed by atoms with Gasteiger partial charge in [-0.15, -0.1) is 0 Å². The predicted molar refractivity (Wildman–Crippen MR) is 111 cm³/mol. The Bertz CT molecular complexity index is 1070. The molecule has 2 aromatic carbocycles. The summed E-state index contributed by atoms with van der Waals surface area (Å²) in [6.45, 7) is 3.89. The minimum Gasteiger partial charge on any atom is -0.493 e. The number of benzene rings is 2. The number of nitrogens with one attached hydrogen (secondary N) is 1. The third-order valence-electron chi connectivity index (χ3n) is 3.74. The first-order valence-corrected chi connectivity index (χ1v) is 9.30. The largest absolute Gasteiger partial charge is 0.493 e. The van der Waals surface area contributed by atoms with Crippen LogP contribution in [-0.4, -0.2) is 23.2 Å². The van der Waals surface area contributed by atoms with E-state index in [9.17, 15) is 9.65 Å². The van der Waals surface area contributed by atoms with Gasteiger partial charge in [-0.2, -0.15) is 5.26 Å². The summed E-state index contributed by atoms with van der Waals surface area (Å²) in [7, 11) is 1.57. The molecule has 3 rings (SSSR count). The summed E-state index contributed by atoms with van der Waals surface area (Å²) in [6.07, 6.45) is 1.72. The van der Waals surface area contributed by atoms with Gasteiger partial charge in [-0.05, 0) is 78.4 Å². The lowest BCUT2D eigenvalue weighted by Gasteiger charge is -2.16. The van der Waals surface area contributed by atoms with E-state index in [4.69, 9.17) is 9.47 Å². The maximum absolute atomic E-state index is 13.4. The topological polar surface area (TPSA) is 70.9 Å². The zero-order valence-electron chi connectivity index (χ0n) is 15.0. The molecule has 0 aliphatic heterocycles. The maximum Gasteiger partial charge on any atom is 0.174 e. The highest BCUT2D eigenvalue weighted by Crippen LogP contribution is 2.35. The zero-order valence-corrected chi connectivity index (χ0v) is 17.2. The number of ether oxygens (including phenoxy) is 2. The van der Waals surface area contributed by atoms with Crippen molar-refractivity contribution >= 4 is 45.3 Å². The molecule has 0 radical (unpaired) electrons. The quantitative estimate of drug-likeness (QED) is 0.407. The van der Waals surface area contributed by atoms with E-state index in [0.717, 1.165) is 9.13 Å². The van der Waals surface area contributed by atoms with Crippen LogP contribution in [0.2, 0.25) is 0 Å². The van der Waals surface area contributed by atoms with Gasteiger partial charge in [0.15, 0.2) is 11.5 Å². The van der Waals surface area contributed by atoms with Crippen molar-refractivity contribution in [1.29, 1.82) is 5.26 Å². The van der Waals surface area contributed by atoms with Crippen LogP contribution >= 0.6 is 22.6 Å². The number of rotatable bonds is 5. The van der Waals surface area contributed by atoms with Gasteiger partial charge in [0.05, 0.1) is 33.4 Å². The van der Waals surface area contributed by atoms with Crippen LogP contribution in [0.15, 0.2) is 30.3 Å². The normalized spacial score (nSPS) is 11.7. The minimum atomic E-state index is -0.361. The van der Waals surface area contributed by atoms with Crippen LogP contribution in [0.25, 0.3) is 22.7 Å². The Morgan fingerprint density at radius 3 is 2.78 bits per heavy atom. The van der Waals surface area contributed by atoms with E-state index in [1.807, 2.05) is 19.9 Å². The Hall–Kier alpha value is -2.60. The van der Waals surface area contributed by atoms with E-state index in [1.165, 1.54) is 12.1 Å². The van der Waals surface area contributed by atoms with Gasteiger partial charge >= 0.3 is 0 Å². The molecule has 138 valence electrons. The third-order valence-corrected chi connectivity index (χ3v) is 4.54. The fraction of sp³-hybridized carbons (Fsp3) is 0.200. The molecule has 0 saturated heterocycles. The van der Waals surface area contributed by atoms with E-state index in [0.29, 0.717) is 33.9 Å². The van der Waals surface area contributed by atoms with Crippen molar-refractivity contribution in [3.63, 3.8) is 0 Å². The van der Waals surface area contributed by atoms with Gasteiger partial charge in [0.1, 0.15) is 17.7 Å². The van der Waals surface area contributed by atoms with Crippen molar-refractivity contribution in [1.82, 2.24) is 9.97 Å². The first-order chi connectivity index (χ1) is 12.9. The number of hydrogen-bond donors (Lipinski definition) is 1. The van der Waals surface area contributed by atoms with Gasteiger partial charge in [-0.25, -0.2) is 9.37 Å². The molecule has 0 aliphatic carbocycles. The van der Waals surface area contributed by atoms with Crippen LogP contribution in [-0.2, 0) is 0 Å². The van der Waals surface area contributed by atoms with Crippen LogP contribution < -0.4 is 9.47 Å². The van der Waals surface area contributed by atoms with Crippen molar-refractivity contribution in [3.05, 3.63) is 51.1 Å². The average Bonchev–Trinajstić information content (AvgIpc) is 3.04. The Kier molecular flexibility index (Phi) is 5.65. The van der Waals surface area contributed by atoms with Crippen molar-refractivity contribution in [2.24, 2.45) is 0 Å². The summed E-state index contributed by atoms with van der Waals surface area (Å²) in [6, 6.07) is 10.1. The summed E-state index contributed by atoms with van der Waals surface area (Å²) in [5, 5.41) is 9.58. The average molecular weight is 477 g/mol. The molecule has 7 heteroatoms. The summed E-state index contributed by atoms with van der Waals surface area (Å²) in [4.78, 5) is 7.36. The smallest absolute Gasteiger partial charge is 0.174 e. The molecule has 0 spiro atoms. The molecular formula is C20H17FIN3O2.